The fraction of sp³-hybridized carbons (Fsp3) is 0.429. The first-order valence-electron chi connectivity index (χ1n) is 6.52. The number of carbonyl (C=O) groups excluding carboxylic acids is 1. The van der Waals surface area contributed by atoms with Gasteiger partial charge in [0.05, 0.1) is 10.6 Å². The minimum atomic E-state index is -3.41. The lowest BCUT2D eigenvalue weighted by molar-refractivity contribution is 0.100. The Labute approximate surface area is 124 Å². The van der Waals surface area contributed by atoms with Crippen LogP contribution in [0.4, 0.5) is 0 Å². The first-order chi connectivity index (χ1) is 9.52. The van der Waals surface area contributed by atoms with Gasteiger partial charge in [-0.25, -0.2) is 8.42 Å². The molecule has 0 aromatic heterocycles. The van der Waals surface area contributed by atoms with Crippen LogP contribution in [0.25, 0.3) is 0 Å². The smallest absolute Gasteiger partial charge is 0.280 e. The van der Waals surface area contributed by atoms with E-state index in [4.69, 9.17) is 11.5 Å². The van der Waals surface area contributed by atoms with Gasteiger partial charge in [-0.1, -0.05) is 19.9 Å². The largest absolute Gasteiger partial charge is 0.370 e. The van der Waals surface area contributed by atoms with Crippen molar-refractivity contribution in [2.45, 2.75) is 32.1 Å². The van der Waals surface area contributed by atoms with Crippen molar-refractivity contribution in [2.75, 3.05) is 5.75 Å². The number of guanidine groups is 1. The van der Waals surface area contributed by atoms with E-state index >= 15 is 0 Å². The van der Waals surface area contributed by atoms with E-state index in [0.717, 1.165) is 5.56 Å². The minimum absolute atomic E-state index is 0.0615. The van der Waals surface area contributed by atoms with Crippen LogP contribution in [0.1, 0.15) is 35.3 Å². The molecular weight excluding hydrogens is 290 g/mol. The van der Waals surface area contributed by atoms with Crippen LogP contribution in [0.2, 0.25) is 0 Å². The van der Waals surface area contributed by atoms with E-state index in [1.807, 2.05) is 13.8 Å². The number of aliphatic imine (C=N–C) groups is 1. The summed E-state index contributed by atoms with van der Waals surface area (Å²) in [6, 6.07) is 3.13. The Kier molecular flexibility index (Phi) is 3.57. The third-order valence-electron chi connectivity index (χ3n) is 3.45. The van der Waals surface area contributed by atoms with Crippen molar-refractivity contribution in [2.24, 2.45) is 21.9 Å². The van der Waals surface area contributed by atoms with Crippen LogP contribution in [-0.2, 0) is 16.3 Å². The average Bonchev–Trinajstić information content (AvgIpc) is 2.23. The number of sulfone groups is 1. The number of nitrogens with two attached hydrogens (primary N) is 2. The molecule has 4 N–H and O–H groups in total. The standard InChI is InChI=1S/C14H19N3O3S/c1-8-4-9-6-14(2,3)7-21(19,20)11(9)5-10(8)12(18)17-13(15)16/h4-5H,6-7H2,1-3H3,(H4,15,16,17,18). The number of hydrogen-bond donors (Lipinski definition) is 2. The molecule has 0 aliphatic carbocycles. The van der Waals surface area contributed by atoms with Crippen molar-refractivity contribution in [3.05, 3.63) is 28.8 Å². The summed E-state index contributed by atoms with van der Waals surface area (Å²) in [5.41, 5.74) is 11.7. The highest BCUT2D eigenvalue weighted by molar-refractivity contribution is 7.91. The van der Waals surface area contributed by atoms with Gasteiger partial charge in [-0.2, -0.15) is 4.99 Å². The molecule has 0 saturated carbocycles. The van der Waals surface area contributed by atoms with Gasteiger partial charge in [-0.05, 0) is 36.0 Å². The Balaban J connectivity index is 2.63. The van der Waals surface area contributed by atoms with E-state index < -0.39 is 15.7 Å². The van der Waals surface area contributed by atoms with Gasteiger partial charge in [-0.3, -0.25) is 4.79 Å². The predicted molar refractivity (Wildman–Crippen MR) is 80.9 cm³/mol. The van der Waals surface area contributed by atoms with Crippen LogP contribution in [0, 0.1) is 12.3 Å². The van der Waals surface area contributed by atoms with Gasteiger partial charge >= 0.3 is 0 Å². The van der Waals surface area contributed by atoms with E-state index in [2.05, 4.69) is 4.99 Å². The molecule has 114 valence electrons. The Hall–Kier alpha value is -1.89. The third-order valence-corrected chi connectivity index (χ3v) is 5.67. The number of nitrogens with zero attached hydrogens (tertiary/aromatic N) is 1. The van der Waals surface area contributed by atoms with Crippen molar-refractivity contribution in [1.29, 1.82) is 0 Å². The monoisotopic (exact) mass is 309 g/mol. The molecule has 0 unspecified atom stereocenters. The lowest BCUT2D eigenvalue weighted by Gasteiger charge is -2.31. The minimum Gasteiger partial charge on any atom is -0.370 e. The number of rotatable bonds is 1. The third kappa shape index (κ3) is 3.07. The number of hydrogen-bond acceptors (Lipinski definition) is 3. The molecule has 0 radical (unpaired) electrons. The molecule has 0 atom stereocenters. The summed E-state index contributed by atoms with van der Waals surface area (Å²) in [7, 11) is -3.41. The highest BCUT2D eigenvalue weighted by Gasteiger charge is 2.36. The zero-order chi connectivity index (χ0) is 16.0. The number of fused-ring (bicyclic) bond motifs is 1. The molecule has 21 heavy (non-hydrogen) atoms. The highest BCUT2D eigenvalue weighted by atomic mass is 32.2. The SMILES string of the molecule is Cc1cc2c(cc1C(=O)N=C(N)N)S(=O)(=O)CC(C)(C)C2. The summed E-state index contributed by atoms with van der Waals surface area (Å²) in [6.07, 6.45) is 0.652. The molecule has 0 spiro atoms. The summed E-state index contributed by atoms with van der Waals surface area (Å²) < 4.78 is 24.8. The van der Waals surface area contributed by atoms with E-state index in [9.17, 15) is 13.2 Å². The molecular formula is C14H19N3O3S. The van der Waals surface area contributed by atoms with Crippen molar-refractivity contribution < 1.29 is 13.2 Å². The first-order valence-corrected chi connectivity index (χ1v) is 8.17. The molecule has 1 heterocycles. The van der Waals surface area contributed by atoms with Crippen LogP contribution >= 0.6 is 0 Å². The Morgan fingerprint density at radius 3 is 2.48 bits per heavy atom. The molecule has 1 aliphatic heterocycles. The van der Waals surface area contributed by atoms with Gasteiger partial charge < -0.3 is 11.5 Å². The second kappa shape index (κ2) is 4.84. The number of benzene rings is 1. The maximum atomic E-state index is 12.4. The maximum absolute atomic E-state index is 12.4. The van der Waals surface area contributed by atoms with Gasteiger partial charge in [0.1, 0.15) is 0 Å². The Morgan fingerprint density at radius 1 is 1.29 bits per heavy atom. The predicted octanol–water partition coefficient (Wildman–Crippen LogP) is 0.765. The van der Waals surface area contributed by atoms with Crippen LogP contribution in [0.3, 0.4) is 0 Å². The molecule has 0 bridgehead atoms. The topological polar surface area (TPSA) is 116 Å². The Bertz CT molecular complexity index is 745. The summed E-state index contributed by atoms with van der Waals surface area (Å²) in [5.74, 6) is -0.914. The molecule has 1 aromatic carbocycles. The molecule has 0 saturated heterocycles. The van der Waals surface area contributed by atoms with Crippen molar-refractivity contribution in [3.8, 4) is 0 Å². The molecule has 1 aromatic rings. The van der Waals surface area contributed by atoms with E-state index in [-0.39, 0.29) is 27.6 Å². The van der Waals surface area contributed by atoms with Crippen molar-refractivity contribution >= 4 is 21.7 Å². The fourth-order valence-electron chi connectivity index (χ4n) is 2.74. The summed E-state index contributed by atoms with van der Waals surface area (Å²) in [5, 5.41) is 0. The summed E-state index contributed by atoms with van der Waals surface area (Å²) in [4.78, 5) is 15.6. The number of amides is 1. The van der Waals surface area contributed by atoms with Gasteiger partial charge in [0, 0.05) is 5.56 Å². The molecule has 1 amide bonds. The maximum Gasteiger partial charge on any atom is 0.280 e. The van der Waals surface area contributed by atoms with Gasteiger partial charge in [-0.15, -0.1) is 0 Å². The first kappa shape index (κ1) is 15.5. The van der Waals surface area contributed by atoms with Crippen LogP contribution in [0.15, 0.2) is 22.0 Å². The van der Waals surface area contributed by atoms with E-state index in [0.29, 0.717) is 12.0 Å². The number of aryl methyl sites for hydroxylation is 1. The van der Waals surface area contributed by atoms with Crippen LogP contribution in [-0.4, -0.2) is 26.0 Å². The van der Waals surface area contributed by atoms with Gasteiger partial charge in [0.25, 0.3) is 5.91 Å². The quantitative estimate of drug-likeness (QED) is 0.587. The van der Waals surface area contributed by atoms with E-state index in [1.165, 1.54) is 6.07 Å². The molecule has 6 nitrogen and oxygen atoms in total. The average molecular weight is 309 g/mol. The number of carbonyl (C=O) groups is 1. The van der Waals surface area contributed by atoms with Gasteiger partial charge in [0.15, 0.2) is 15.8 Å². The second-order valence-electron chi connectivity index (χ2n) is 6.22. The second-order valence-corrected chi connectivity index (χ2v) is 8.17. The normalized spacial score (nSPS) is 18.6. The van der Waals surface area contributed by atoms with Crippen LogP contribution in [0.5, 0.6) is 0 Å². The molecule has 7 heteroatoms. The molecule has 1 aliphatic rings. The fourth-order valence-corrected chi connectivity index (χ4v) is 4.86. The lowest BCUT2D eigenvalue weighted by Crippen LogP contribution is -2.32. The molecule has 2 rings (SSSR count). The van der Waals surface area contributed by atoms with Crippen molar-refractivity contribution in [3.63, 3.8) is 0 Å². The summed E-state index contributed by atoms with van der Waals surface area (Å²) in [6.45, 7) is 5.58. The van der Waals surface area contributed by atoms with Crippen LogP contribution < -0.4 is 11.5 Å². The summed E-state index contributed by atoms with van der Waals surface area (Å²) >= 11 is 0. The lowest BCUT2D eigenvalue weighted by atomic mass is 9.86. The zero-order valence-electron chi connectivity index (χ0n) is 12.3. The van der Waals surface area contributed by atoms with Crippen molar-refractivity contribution in [1.82, 2.24) is 0 Å². The highest BCUT2D eigenvalue weighted by Crippen LogP contribution is 2.36. The Morgan fingerprint density at radius 2 is 1.90 bits per heavy atom. The van der Waals surface area contributed by atoms with Gasteiger partial charge in [0.2, 0.25) is 0 Å². The zero-order valence-corrected chi connectivity index (χ0v) is 13.1. The van der Waals surface area contributed by atoms with E-state index in [1.54, 1.807) is 13.0 Å². The molecule has 0 fully saturated rings.